The number of piperidine rings is 1. The van der Waals surface area contributed by atoms with Crippen molar-refractivity contribution in [1.29, 1.82) is 0 Å². The number of urea groups is 1. The maximum absolute atomic E-state index is 13.9. The lowest BCUT2D eigenvalue weighted by Gasteiger charge is -2.35. The van der Waals surface area contributed by atoms with E-state index >= 15 is 0 Å². The Morgan fingerprint density at radius 2 is 1.62 bits per heavy atom. The van der Waals surface area contributed by atoms with Crippen molar-refractivity contribution in [2.24, 2.45) is 0 Å². The number of aromatic nitrogens is 2. The second-order valence-electron chi connectivity index (χ2n) is 12.3. The van der Waals surface area contributed by atoms with Gasteiger partial charge >= 0.3 is 12.2 Å². The van der Waals surface area contributed by atoms with Crippen molar-refractivity contribution in [2.45, 2.75) is 75.2 Å². The predicted molar refractivity (Wildman–Crippen MR) is 155 cm³/mol. The molecular formula is C30H40ClF3N6O2. The second kappa shape index (κ2) is 12.1. The highest BCUT2D eigenvalue weighted by Crippen LogP contribution is 2.45. The van der Waals surface area contributed by atoms with Crippen LogP contribution >= 0.6 is 12.4 Å². The van der Waals surface area contributed by atoms with Crippen molar-refractivity contribution in [1.82, 2.24) is 29.4 Å². The monoisotopic (exact) mass is 608 g/mol. The molecule has 0 bridgehead atoms. The molecule has 1 saturated carbocycles. The van der Waals surface area contributed by atoms with Crippen LogP contribution in [0.5, 0.6) is 0 Å². The fraction of sp³-hybridized carbons (Fsp3) is 0.633. The Balaban J connectivity index is 0.00000353. The predicted octanol–water partition coefficient (Wildman–Crippen LogP) is 5.57. The summed E-state index contributed by atoms with van der Waals surface area (Å²) in [5, 5.41) is 4.69. The quantitative estimate of drug-likeness (QED) is 0.445. The molecule has 4 fully saturated rings. The first-order chi connectivity index (χ1) is 19.6. The molecular weight excluding hydrogens is 569 g/mol. The molecule has 1 aromatic heterocycles. The lowest BCUT2D eigenvalue weighted by molar-refractivity contribution is -0.138. The number of benzene rings is 1. The van der Waals surface area contributed by atoms with Crippen LogP contribution in [-0.2, 0) is 6.18 Å². The lowest BCUT2D eigenvalue weighted by atomic mass is 9.97. The number of amides is 3. The fourth-order valence-corrected chi connectivity index (χ4v) is 6.96. The molecule has 6 rings (SSSR count). The Morgan fingerprint density at radius 1 is 0.929 bits per heavy atom. The van der Waals surface area contributed by atoms with Gasteiger partial charge in [0.05, 0.1) is 35.1 Å². The van der Waals surface area contributed by atoms with Crippen LogP contribution in [-0.4, -0.2) is 94.2 Å². The smallest absolute Gasteiger partial charge is 0.331 e. The van der Waals surface area contributed by atoms with Gasteiger partial charge in [0.1, 0.15) is 0 Å². The molecule has 3 amide bonds. The van der Waals surface area contributed by atoms with Crippen molar-refractivity contribution < 1.29 is 22.8 Å². The number of carbonyl (C=O) groups excluding carboxylic acids is 2. The molecule has 0 radical (unpaired) electrons. The number of alkyl halides is 3. The zero-order valence-corrected chi connectivity index (χ0v) is 25.0. The third kappa shape index (κ3) is 5.86. The summed E-state index contributed by atoms with van der Waals surface area (Å²) in [7, 11) is 4.10. The molecule has 3 aliphatic heterocycles. The molecule has 230 valence electrons. The van der Waals surface area contributed by atoms with E-state index in [0.29, 0.717) is 44.1 Å². The van der Waals surface area contributed by atoms with Crippen molar-refractivity contribution >= 4 is 24.3 Å². The van der Waals surface area contributed by atoms with Gasteiger partial charge in [-0.05, 0) is 70.7 Å². The van der Waals surface area contributed by atoms with E-state index in [-0.39, 0.29) is 41.9 Å². The molecule has 2 atom stereocenters. The van der Waals surface area contributed by atoms with E-state index in [4.69, 9.17) is 5.10 Å². The third-order valence-corrected chi connectivity index (χ3v) is 9.41. The Labute approximate surface area is 251 Å². The minimum atomic E-state index is -4.48. The van der Waals surface area contributed by atoms with Gasteiger partial charge in [-0.3, -0.25) is 9.48 Å². The van der Waals surface area contributed by atoms with E-state index in [9.17, 15) is 22.8 Å². The van der Waals surface area contributed by atoms with Gasteiger partial charge in [0, 0.05) is 44.7 Å². The molecule has 8 nitrogen and oxygen atoms in total. The Kier molecular flexibility index (Phi) is 8.81. The molecule has 0 N–H and O–H groups in total. The highest BCUT2D eigenvalue weighted by Gasteiger charge is 2.42. The average molecular weight is 609 g/mol. The summed E-state index contributed by atoms with van der Waals surface area (Å²) in [5.41, 5.74) is 0.936. The normalized spacial score (nSPS) is 23.5. The first kappa shape index (κ1) is 30.7. The van der Waals surface area contributed by atoms with Gasteiger partial charge in [-0.25, -0.2) is 4.79 Å². The molecule has 42 heavy (non-hydrogen) atoms. The van der Waals surface area contributed by atoms with Crippen LogP contribution in [0.4, 0.5) is 18.0 Å². The highest BCUT2D eigenvalue weighted by molar-refractivity contribution is 5.96. The van der Waals surface area contributed by atoms with Crippen LogP contribution in [0.2, 0.25) is 0 Å². The fourth-order valence-electron chi connectivity index (χ4n) is 6.96. The van der Waals surface area contributed by atoms with E-state index < -0.39 is 17.8 Å². The van der Waals surface area contributed by atoms with Gasteiger partial charge in [0.25, 0.3) is 5.91 Å². The van der Waals surface area contributed by atoms with Gasteiger partial charge in [-0.1, -0.05) is 18.2 Å². The summed E-state index contributed by atoms with van der Waals surface area (Å²) in [4.78, 5) is 34.8. The standard InChI is InChI=1S/C30H39F3N6O2.ClH/c1-35(2)22-13-17-37(19-22)29(41)36-15-11-21(12-16-36)39-27(20-9-10-20)24(18-34-39)28(40)38-14-5-8-26(38)23-6-3-4-7-25(23)30(31,32)33;/h3-4,6-7,18,20-22,26H,5,8-17,19H2,1-2H3;1H. The van der Waals surface area contributed by atoms with Crippen molar-refractivity contribution in [3.05, 3.63) is 52.8 Å². The Bertz CT molecular complexity index is 1290. The minimum absolute atomic E-state index is 0. The van der Waals surface area contributed by atoms with Crippen molar-refractivity contribution in [2.75, 3.05) is 46.8 Å². The van der Waals surface area contributed by atoms with Crippen LogP contribution in [0.1, 0.15) is 90.1 Å². The number of carbonyl (C=O) groups is 2. The van der Waals surface area contributed by atoms with Gasteiger partial charge in [0.2, 0.25) is 0 Å². The minimum Gasteiger partial charge on any atom is -0.331 e. The summed E-state index contributed by atoms with van der Waals surface area (Å²) in [6, 6.07) is 5.59. The van der Waals surface area contributed by atoms with E-state index in [1.54, 1.807) is 17.2 Å². The van der Waals surface area contributed by atoms with E-state index in [2.05, 4.69) is 19.0 Å². The Morgan fingerprint density at radius 3 is 2.26 bits per heavy atom. The zero-order chi connectivity index (χ0) is 28.9. The molecule has 1 aromatic carbocycles. The number of rotatable bonds is 5. The van der Waals surface area contributed by atoms with Crippen LogP contribution in [0.15, 0.2) is 30.5 Å². The molecule has 2 unspecified atom stereocenters. The average Bonchev–Trinajstić information content (AvgIpc) is 3.35. The van der Waals surface area contributed by atoms with Gasteiger partial charge < -0.3 is 19.6 Å². The number of hydrogen-bond donors (Lipinski definition) is 0. The van der Waals surface area contributed by atoms with Gasteiger partial charge in [0.15, 0.2) is 0 Å². The van der Waals surface area contributed by atoms with Crippen molar-refractivity contribution in [3.63, 3.8) is 0 Å². The summed E-state index contributed by atoms with van der Waals surface area (Å²) in [6.45, 7) is 3.25. The van der Waals surface area contributed by atoms with E-state index in [0.717, 1.165) is 57.0 Å². The zero-order valence-electron chi connectivity index (χ0n) is 24.2. The molecule has 4 aliphatic rings. The third-order valence-electron chi connectivity index (χ3n) is 9.41. The first-order valence-corrected chi connectivity index (χ1v) is 14.9. The number of halogens is 4. The maximum atomic E-state index is 13.9. The maximum Gasteiger partial charge on any atom is 0.416 e. The second-order valence-corrected chi connectivity index (χ2v) is 12.3. The molecule has 12 heteroatoms. The van der Waals surface area contributed by atoms with Crippen molar-refractivity contribution in [3.8, 4) is 0 Å². The van der Waals surface area contributed by atoms with Gasteiger partial charge in [-0.2, -0.15) is 18.3 Å². The number of likely N-dealkylation sites (tertiary alicyclic amines) is 3. The number of nitrogens with zero attached hydrogens (tertiary/aromatic N) is 6. The number of hydrogen-bond acceptors (Lipinski definition) is 4. The van der Waals surface area contributed by atoms with Gasteiger partial charge in [-0.15, -0.1) is 12.4 Å². The molecule has 4 heterocycles. The summed E-state index contributed by atoms with van der Waals surface area (Å²) < 4.78 is 43.4. The summed E-state index contributed by atoms with van der Waals surface area (Å²) in [5.74, 6) is 0.0157. The van der Waals surface area contributed by atoms with E-state index in [1.807, 2.05) is 14.5 Å². The summed E-state index contributed by atoms with van der Waals surface area (Å²) >= 11 is 0. The molecule has 1 aliphatic carbocycles. The topological polar surface area (TPSA) is 64.9 Å². The van der Waals surface area contributed by atoms with Crippen LogP contribution in [0.25, 0.3) is 0 Å². The SMILES string of the molecule is CN(C)C1CCN(C(=O)N2CCC(n3ncc(C(=O)N4CCCC4c4ccccc4C(F)(F)F)c3C3CC3)CC2)C1.Cl. The molecule has 3 saturated heterocycles. The van der Waals surface area contributed by atoms with Crippen LogP contribution in [0, 0.1) is 0 Å². The largest absolute Gasteiger partial charge is 0.416 e. The summed E-state index contributed by atoms with van der Waals surface area (Å²) in [6.07, 6.45) is 2.79. The number of likely N-dealkylation sites (N-methyl/N-ethyl adjacent to an activating group) is 1. The first-order valence-electron chi connectivity index (χ1n) is 14.9. The molecule has 2 aromatic rings. The van der Waals surface area contributed by atoms with E-state index in [1.165, 1.54) is 12.1 Å². The Hall–Kier alpha value is -2.79. The lowest BCUT2D eigenvalue weighted by Crippen LogP contribution is -2.47. The van der Waals surface area contributed by atoms with Crippen LogP contribution in [0.3, 0.4) is 0 Å². The highest BCUT2D eigenvalue weighted by atomic mass is 35.5. The van der Waals surface area contributed by atoms with Crippen LogP contribution < -0.4 is 0 Å². The molecule has 0 spiro atoms.